The molecule has 2 aromatic carbocycles. The molecule has 0 aliphatic heterocycles. The van der Waals surface area contributed by atoms with Crippen molar-refractivity contribution in [1.82, 2.24) is 16.2 Å². The highest BCUT2D eigenvalue weighted by Crippen LogP contribution is 2.07. The molecule has 0 aromatic heterocycles. The predicted octanol–water partition coefficient (Wildman–Crippen LogP) is 0.738. The summed E-state index contributed by atoms with van der Waals surface area (Å²) < 4.78 is 4.99. The zero-order valence-corrected chi connectivity index (χ0v) is 15.3. The van der Waals surface area contributed by atoms with Crippen molar-refractivity contribution >= 4 is 23.7 Å². The Balaban J connectivity index is 2.02. The highest BCUT2D eigenvalue weighted by molar-refractivity contribution is 5.97. The molecule has 0 unspecified atom stereocenters. The van der Waals surface area contributed by atoms with Gasteiger partial charge in [-0.2, -0.15) is 0 Å². The summed E-state index contributed by atoms with van der Waals surface area (Å²) in [5.74, 6) is -2.35. The molecule has 2 rings (SSSR count). The summed E-state index contributed by atoms with van der Waals surface area (Å²) in [7, 11) is 0. The van der Waals surface area contributed by atoms with E-state index >= 15 is 0 Å². The van der Waals surface area contributed by atoms with Crippen molar-refractivity contribution in [2.24, 2.45) is 0 Å². The number of carbonyl (C=O) groups is 4. The zero-order valence-electron chi connectivity index (χ0n) is 15.3. The Labute approximate surface area is 162 Å². The molecule has 8 nitrogen and oxygen atoms in total. The van der Waals surface area contributed by atoms with Crippen LogP contribution >= 0.6 is 0 Å². The van der Waals surface area contributed by atoms with Crippen LogP contribution in [-0.2, 0) is 25.5 Å². The summed E-state index contributed by atoms with van der Waals surface area (Å²) in [6, 6.07) is 16.6. The van der Waals surface area contributed by atoms with E-state index in [4.69, 9.17) is 4.74 Å². The van der Waals surface area contributed by atoms with Crippen molar-refractivity contribution < 1.29 is 23.9 Å². The lowest BCUT2D eigenvalue weighted by Gasteiger charge is -2.18. The molecule has 1 atom stereocenters. The minimum absolute atomic E-state index is 0.200. The van der Waals surface area contributed by atoms with Gasteiger partial charge in [0.2, 0.25) is 5.91 Å². The van der Waals surface area contributed by atoms with Crippen LogP contribution in [0.15, 0.2) is 60.7 Å². The van der Waals surface area contributed by atoms with Crippen LogP contribution in [0.4, 0.5) is 0 Å². The Morgan fingerprint density at radius 2 is 1.50 bits per heavy atom. The third-order valence-electron chi connectivity index (χ3n) is 3.63. The van der Waals surface area contributed by atoms with E-state index in [1.165, 1.54) is 6.92 Å². The second kappa shape index (κ2) is 10.5. The highest BCUT2D eigenvalue weighted by atomic mass is 16.5. The van der Waals surface area contributed by atoms with Gasteiger partial charge in [-0.15, -0.1) is 0 Å². The summed E-state index contributed by atoms with van der Waals surface area (Å²) in [5.41, 5.74) is 5.40. The monoisotopic (exact) mass is 383 g/mol. The van der Waals surface area contributed by atoms with Crippen LogP contribution in [0.5, 0.6) is 0 Å². The van der Waals surface area contributed by atoms with E-state index in [9.17, 15) is 19.2 Å². The number of esters is 1. The van der Waals surface area contributed by atoms with Crippen LogP contribution in [0, 0.1) is 0 Å². The fourth-order valence-electron chi connectivity index (χ4n) is 2.31. The number of hydrogen-bond donors (Lipinski definition) is 3. The maximum atomic E-state index is 12.5. The number of nitrogens with one attached hydrogen (secondary N) is 3. The molecule has 0 heterocycles. The van der Waals surface area contributed by atoms with E-state index in [2.05, 4.69) is 16.2 Å². The van der Waals surface area contributed by atoms with Crippen molar-refractivity contribution in [2.75, 3.05) is 6.61 Å². The summed E-state index contributed by atoms with van der Waals surface area (Å²) in [4.78, 5) is 47.2. The molecule has 0 fully saturated rings. The molecule has 146 valence electrons. The van der Waals surface area contributed by atoms with Crippen molar-refractivity contribution in [1.29, 1.82) is 0 Å². The lowest BCUT2D eigenvalue weighted by Crippen LogP contribution is -2.46. The number of hydrogen-bond acceptors (Lipinski definition) is 5. The first-order chi connectivity index (χ1) is 13.5. The summed E-state index contributed by atoms with van der Waals surface area (Å²) in [5, 5.41) is 2.64. The zero-order chi connectivity index (χ0) is 20.4. The molecule has 2 aromatic rings. The second-order valence-corrected chi connectivity index (χ2v) is 5.92. The molecule has 3 N–H and O–H groups in total. The average Bonchev–Trinajstić information content (AvgIpc) is 2.71. The van der Waals surface area contributed by atoms with Gasteiger partial charge in [0.15, 0.2) is 6.61 Å². The van der Waals surface area contributed by atoms with E-state index in [0.717, 1.165) is 5.56 Å². The van der Waals surface area contributed by atoms with Crippen LogP contribution in [-0.4, -0.2) is 36.3 Å². The summed E-state index contributed by atoms with van der Waals surface area (Å²) in [6.45, 7) is 0.632. The normalized spacial score (nSPS) is 11.0. The van der Waals surface area contributed by atoms with Gasteiger partial charge in [0.05, 0.1) is 0 Å². The average molecular weight is 383 g/mol. The Morgan fingerprint density at radius 1 is 0.893 bits per heavy atom. The number of benzene rings is 2. The van der Waals surface area contributed by atoms with Crippen molar-refractivity contribution in [3.8, 4) is 0 Å². The Kier molecular flexibility index (Phi) is 7.71. The second-order valence-electron chi connectivity index (χ2n) is 5.92. The number of carbonyl (C=O) groups excluding carboxylic acids is 4. The molecule has 0 aliphatic rings. The van der Waals surface area contributed by atoms with Gasteiger partial charge in [-0.05, 0) is 17.7 Å². The molecule has 0 aliphatic carbocycles. The van der Waals surface area contributed by atoms with Gasteiger partial charge in [-0.25, -0.2) is 4.79 Å². The van der Waals surface area contributed by atoms with E-state index in [-0.39, 0.29) is 6.42 Å². The van der Waals surface area contributed by atoms with Gasteiger partial charge < -0.3 is 10.1 Å². The minimum Gasteiger partial charge on any atom is -0.454 e. The molecule has 0 bridgehead atoms. The first-order valence-electron chi connectivity index (χ1n) is 8.57. The van der Waals surface area contributed by atoms with Crippen molar-refractivity contribution in [2.45, 2.75) is 19.4 Å². The standard InChI is InChI=1S/C20H21N3O5/c1-14(24)22-23-18(25)13-28-20(27)17(12-15-8-4-2-5-9-15)21-19(26)16-10-6-3-7-11-16/h2-11,17H,12-13H2,1H3,(H,21,26)(H,22,24)(H,23,25)/t17-/m1/s1. The number of amides is 3. The first-order valence-corrected chi connectivity index (χ1v) is 8.57. The van der Waals surface area contributed by atoms with Gasteiger partial charge in [-0.3, -0.25) is 25.2 Å². The number of ether oxygens (including phenoxy) is 1. The molecule has 28 heavy (non-hydrogen) atoms. The van der Waals surface area contributed by atoms with E-state index < -0.39 is 36.3 Å². The Hall–Kier alpha value is -3.68. The largest absolute Gasteiger partial charge is 0.454 e. The fraction of sp³-hybridized carbons (Fsp3) is 0.200. The Morgan fingerprint density at radius 3 is 2.11 bits per heavy atom. The molecule has 3 amide bonds. The van der Waals surface area contributed by atoms with Gasteiger partial charge in [0.1, 0.15) is 6.04 Å². The fourth-order valence-corrected chi connectivity index (χ4v) is 2.31. The van der Waals surface area contributed by atoms with Crippen LogP contribution in [0.1, 0.15) is 22.8 Å². The van der Waals surface area contributed by atoms with Gasteiger partial charge in [0, 0.05) is 18.9 Å². The third kappa shape index (κ3) is 6.91. The van der Waals surface area contributed by atoms with E-state index in [1.54, 1.807) is 30.3 Å². The first kappa shape index (κ1) is 20.6. The van der Waals surface area contributed by atoms with Crippen molar-refractivity contribution in [3.63, 3.8) is 0 Å². The molecule has 0 spiro atoms. The van der Waals surface area contributed by atoms with Crippen LogP contribution in [0.2, 0.25) is 0 Å². The summed E-state index contributed by atoms with van der Waals surface area (Å²) in [6.07, 6.45) is 0.200. The van der Waals surface area contributed by atoms with Crippen molar-refractivity contribution in [3.05, 3.63) is 71.8 Å². The quantitative estimate of drug-likeness (QED) is 0.482. The summed E-state index contributed by atoms with van der Waals surface area (Å²) >= 11 is 0. The van der Waals surface area contributed by atoms with Crippen LogP contribution in [0.25, 0.3) is 0 Å². The topological polar surface area (TPSA) is 114 Å². The molecule has 8 heteroatoms. The van der Waals surface area contributed by atoms with Gasteiger partial charge >= 0.3 is 5.97 Å². The lowest BCUT2D eigenvalue weighted by molar-refractivity contribution is -0.150. The van der Waals surface area contributed by atoms with Crippen LogP contribution in [0.3, 0.4) is 0 Å². The minimum atomic E-state index is -0.983. The molecular formula is C20H21N3O5. The SMILES string of the molecule is CC(=O)NNC(=O)COC(=O)[C@@H](Cc1ccccc1)NC(=O)c1ccccc1. The highest BCUT2D eigenvalue weighted by Gasteiger charge is 2.24. The Bertz CT molecular complexity index is 824. The smallest absolute Gasteiger partial charge is 0.329 e. The molecular weight excluding hydrogens is 362 g/mol. The van der Waals surface area contributed by atoms with E-state index in [1.807, 2.05) is 30.3 Å². The van der Waals surface area contributed by atoms with E-state index in [0.29, 0.717) is 5.56 Å². The number of rotatable bonds is 7. The maximum absolute atomic E-state index is 12.5. The maximum Gasteiger partial charge on any atom is 0.329 e. The molecule has 0 radical (unpaired) electrons. The third-order valence-corrected chi connectivity index (χ3v) is 3.63. The van der Waals surface area contributed by atoms with Crippen LogP contribution < -0.4 is 16.2 Å². The van der Waals surface area contributed by atoms with Gasteiger partial charge in [0.25, 0.3) is 11.8 Å². The van der Waals surface area contributed by atoms with Gasteiger partial charge in [-0.1, -0.05) is 48.5 Å². The number of hydrazine groups is 1. The lowest BCUT2D eigenvalue weighted by atomic mass is 10.1. The molecule has 0 saturated carbocycles. The molecule has 0 saturated heterocycles. The predicted molar refractivity (Wildman–Crippen MR) is 101 cm³/mol.